The van der Waals surface area contributed by atoms with Crippen molar-refractivity contribution in [2.45, 2.75) is 13.3 Å². The average Bonchev–Trinajstić information content (AvgIpc) is 2.55. The van der Waals surface area contributed by atoms with E-state index in [1.807, 2.05) is 24.3 Å². The number of hydrogen-bond acceptors (Lipinski definition) is 3. The van der Waals surface area contributed by atoms with Crippen LogP contribution in [0, 0.1) is 0 Å². The van der Waals surface area contributed by atoms with Crippen molar-refractivity contribution in [1.29, 1.82) is 0 Å². The van der Waals surface area contributed by atoms with Gasteiger partial charge in [-0.2, -0.15) is 0 Å². The van der Waals surface area contributed by atoms with Crippen LogP contribution in [0.1, 0.15) is 12.5 Å². The zero-order valence-corrected chi connectivity index (χ0v) is 12.4. The summed E-state index contributed by atoms with van der Waals surface area (Å²) in [6.07, 6.45) is 0.930. The molecule has 0 saturated heterocycles. The van der Waals surface area contributed by atoms with Crippen molar-refractivity contribution in [3.63, 3.8) is 0 Å². The van der Waals surface area contributed by atoms with E-state index < -0.39 is 0 Å². The summed E-state index contributed by atoms with van der Waals surface area (Å²) in [5.41, 5.74) is 2.61. The molecular weight excluding hydrogens is 280 g/mol. The number of benzene rings is 2. The number of carbonyl (C=O) groups is 1. The van der Waals surface area contributed by atoms with Gasteiger partial charge >= 0.3 is 6.03 Å². The fourth-order valence-electron chi connectivity index (χ4n) is 2.28. The average molecular weight is 298 g/mol. The lowest BCUT2D eigenvalue weighted by atomic mass is 10.1. The number of anilines is 2. The molecule has 114 valence electrons. The Kier molecular flexibility index (Phi) is 4.14. The number of rotatable bonds is 3. The van der Waals surface area contributed by atoms with E-state index in [0.29, 0.717) is 30.4 Å². The van der Waals surface area contributed by atoms with E-state index in [2.05, 4.69) is 17.6 Å². The third-order valence-corrected chi connectivity index (χ3v) is 3.39. The Morgan fingerprint density at radius 2 is 1.73 bits per heavy atom. The van der Waals surface area contributed by atoms with Crippen molar-refractivity contribution in [3.05, 3.63) is 48.0 Å². The van der Waals surface area contributed by atoms with Crippen LogP contribution in [0.5, 0.6) is 11.5 Å². The minimum absolute atomic E-state index is 0.287. The second-order valence-electron chi connectivity index (χ2n) is 4.99. The van der Waals surface area contributed by atoms with Crippen molar-refractivity contribution in [3.8, 4) is 11.5 Å². The van der Waals surface area contributed by atoms with E-state index in [-0.39, 0.29) is 6.03 Å². The summed E-state index contributed by atoms with van der Waals surface area (Å²) >= 11 is 0. The predicted molar refractivity (Wildman–Crippen MR) is 85.9 cm³/mol. The highest BCUT2D eigenvalue weighted by Gasteiger charge is 2.12. The van der Waals surface area contributed by atoms with Crippen molar-refractivity contribution in [1.82, 2.24) is 0 Å². The molecular formula is C17H18N2O3. The van der Waals surface area contributed by atoms with Gasteiger partial charge in [0.05, 0.1) is 0 Å². The molecule has 2 N–H and O–H groups in total. The van der Waals surface area contributed by atoms with Gasteiger partial charge in [0.15, 0.2) is 11.5 Å². The van der Waals surface area contributed by atoms with Gasteiger partial charge in [-0.05, 0) is 36.2 Å². The molecule has 1 aliphatic rings. The van der Waals surface area contributed by atoms with E-state index in [0.717, 1.165) is 12.1 Å². The molecule has 1 aliphatic heterocycles. The summed E-state index contributed by atoms with van der Waals surface area (Å²) in [5, 5.41) is 5.62. The van der Waals surface area contributed by atoms with Gasteiger partial charge in [0.2, 0.25) is 0 Å². The van der Waals surface area contributed by atoms with Crippen LogP contribution < -0.4 is 20.1 Å². The second-order valence-corrected chi connectivity index (χ2v) is 4.99. The summed E-state index contributed by atoms with van der Waals surface area (Å²) in [7, 11) is 0. The molecule has 0 spiro atoms. The van der Waals surface area contributed by atoms with E-state index in [1.54, 1.807) is 18.2 Å². The zero-order valence-electron chi connectivity index (χ0n) is 12.4. The van der Waals surface area contributed by atoms with Crippen LogP contribution in [-0.4, -0.2) is 19.2 Å². The first-order valence-corrected chi connectivity index (χ1v) is 7.31. The predicted octanol–water partition coefficient (Wildman–Crippen LogP) is 3.66. The second kappa shape index (κ2) is 6.39. The molecule has 0 saturated carbocycles. The number of hydrogen-bond donors (Lipinski definition) is 2. The highest BCUT2D eigenvalue weighted by atomic mass is 16.6. The molecule has 2 aromatic carbocycles. The lowest BCUT2D eigenvalue weighted by Crippen LogP contribution is -2.20. The molecule has 0 radical (unpaired) electrons. The maximum atomic E-state index is 12.1. The van der Waals surface area contributed by atoms with Gasteiger partial charge in [-0.3, -0.25) is 0 Å². The number of carbonyl (C=O) groups excluding carboxylic acids is 1. The molecule has 2 amide bonds. The third kappa shape index (κ3) is 3.31. The van der Waals surface area contributed by atoms with Crippen molar-refractivity contribution in [2.75, 3.05) is 23.8 Å². The Morgan fingerprint density at radius 1 is 1.00 bits per heavy atom. The van der Waals surface area contributed by atoms with E-state index in [9.17, 15) is 4.79 Å². The summed E-state index contributed by atoms with van der Waals surface area (Å²) in [6.45, 7) is 3.15. The molecule has 0 fully saturated rings. The normalized spacial score (nSPS) is 12.6. The van der Waals surface area contributed by atoms with Gasteiger partial charge < -0.3 is 20.1 Å². The molecule has 0 aromatic heterocycles. The molecule has 0 bridgehead atoms. The molecule has 5 nitrogen and oxygen atoms in total. The summed E-state index contributed by atoms with van der Waals surface area (Å²) in [5.74, 6) is 1.35. The van der Waals surface area contributed by atoms with E-state index in [1.165, 1.54) is 5.56 Å². The number of ether oxygens (including phenoxy) is 2. The van der Waals surface area contributed by atoms with Crippen LogP contribution in [-0.2, 0) is 6.42 Å². The summed E-state index contributed by atoms with van der Waals surface area (Å²) in [6, 6.07) is 12.8. The number of amides is 2. The maximum Gasteiger partial charge on any atom is 0.323 e. The first-order chi connectivity index (χ1) is 10.7. The smallest absolute Gasteiger partial charge is 0.323 e. The number of fused-ring (bicyclic) bond motifs is 1. The summed E-state index contributed by atoms with van der Waals surface area (Å²) < 4.78 is 10.9. The Bertz CT molecular complexity index is 685. The van der Waals surface area contributed by atoms with Crippen LogP contribution in [0.3, 0.4) is 0 Å². The largest absolute Gasteiger partial charge is 0.486 e. The van der Waals surface area contributed by atoms with Crippen molar-refractivity contribution < 1.29 is 14.3 Å². The first kappa shape index (κ1) is 14.3. The lowest BCUT2D eigenvalue weighted by Gasteiger charge is -2.19. The fourth-order valence-corrected chi connectivity index (χ4v) is 2.28. The Labute approximate surface area is 129 Å². The highest BCUT2D eigenvalue weighted by molar-refractivity contribution is 6.00. The van der Waals surface area contributed by atoms with E-state index >= 15 is 0 Å². The Hall–Kier alpha value is -2.69. The standard InChI is InChI=1S/C17H18N2O3/c1-2-12-4-3-5-13(10-12)18-17(20)19-14-6-7-15-16(11-14)22-9-8-21-15/h3-7,10-11H,2,8-9H2,1H3,(H2,18,19,20). The van der Waals surface area contributed by atoms with Gasteiger partial charge in [0.1, 0.15) is 13.2 Å². The van der Waals surface area contributed by atoms with Crippen LogP contribution in [0.4, 0.5) is 16.2 Å². The minimum Gasteiger partial charge on any atom is -0.486 e. The van der Waals surface area contributed by atoms with Gasteiger partial charge in [0.25, 0.3) is 0 Å². The maximum absolute atomic E-state index is 12.1. The molecule has 5 heteroatoms. The van der Waals surface area contributed by atoms with Gasteiger partial charge in [0, 0.05) is 17.4 Å². The third-order valence-electron chi connectivity index (χ3n) is 3.39. The van der Waals surface area contributed by atoms with E-state index in [4.69, 9.17) is 9.47 Å². The Balaban J connectivity index is 1.66. The van der Waals surface area contributed by atoms with Crippen LogP contribution in [0.15, 0.2) is 42.5 Å². The molecule has 3 rings (SSSR count). The molecule has 0 aliphatic carbocycles. The minimum atomic E-state index is -0.287. The fraction of sp³-hybridized carbons (Fsp3) is 0.235. The van der Waals surface area contributed by atoms with Crippen LogP contribution in [0.25, 0.3) is 0 Å². The number of nitrogens with one attached hydrogen (secondary N) is 2. The highest BCUT2D eigenvalue weighted by Crippen LogP contribution is 2.32. The number of urea groups is 1. The monoisotopic (exact) mass is 298 g/mol. The lowest BCUT2D eigenvalue weighted by molar-refractivity contribution is 0.171. The molecule has 0 atom stereocenters. The van der Waals surface area contributed by atoms with Crippen LogP contribution >= 0.6 is 0 Å². The van der Waals surface area contributed by atoms with Crippen molar-refractivity contribution in [2.24, 2.45) is 0 Å². The van der Waals surface area contributed by atoms with Gasteiger partial charge in [-0.15, -0.1) is 0 Å². The summed E-state index contributed by atoms with van der Waals surface area (Å²) in [4.78, 5) is 12.1. The Morgan fingerprint density at radius 3 is 2.50 bits per heavy atom. The quantitative estimate of drug-likeness (QED) is 0.909. The number of aryl methyl sites for hydroxylation is 1. The van der Waals surface area contributed by atoms with Gasteiger partial charge in [-0.25, -0.2) is 4.79 Å². The first-order valence-electron chi connectivity index (χ1n) is 7.31. The SMILES string of the molecule is CCc1cccc(NC(=O)Nc2ccc3c(c2)OCCO3)c1. The van der Waals surface area contributed by atoms with Gasteiger partial charge in [-0.1, -0.05) is 19.1 Å². The molecule has 2 aromatic rings. The zero-order chi connectivity index (χ0) is 15.4. The molecule has 0 unspecified atom stereocenters. The van der Waals surface area contributed by atoms with Crippen LogP contribution in [0.2, 0.25) is 0 Å². The van der Waals surface area contributed by atoms with Crippen molar-refractivity contribution >= 4 is 17.4 Å². The molecule has 1 heterocycles. The topological polar surface area (TPSA) is 59.6 Å². The molecule has 22 heavy (non-hydrogen) atoms.